The van der Waals surface area contributed by atoms with Gasteiger partial charge in [0.25, 0.3) is 0 Å². The van der Waals surface area contributed by atoms with E-state index in [-0.39, 0.29) is 5.75 Å². The molecule has 0 aliphatic carbocycles. The minimum Gasteiger partial charge on any atom is -0.506 e. The normalized spacial score (nSPS) is 21.7. The second-order valence-corrected chi connectivity index (χ2v) is 7.70. The molecule has 0 saturated carbocycles. The third-order valence-electron chi connectivity index (χ3n) is 5.66. The Kier molecular flexibility index (Phi) is 6.00. The molecule has 0 spiro atoms. The standard InChI is InChI=1S/C22H28N2O3/c25-21-12-19(14-23-15-21)18-11-20(10-16-3-7-27-8-4-16)24-22(13-18)17-2-1-6-26-9-5-17/h11-17,25H,1-10H2. The first kappa shape index (κ1) is 18.4. The van der Waals surface area contributed by atoms with Crippen LogP contribution in [0.15, 0.2) is 30.6 Å². The van der Waals surface area contributed by atoms with E-state index >= 15 is 0 Å². The minimum absolute atomic E-state index is 0.194. The van der Waals surface area contributed by atoms with Crippen molar-refractivity contribution in [3.8, 4) is 16.9 Å². The number of ether oxygens (including phenoxy) is 2. The van der Waals surface area contributed by atoms with Crippen molar-refractivity contribution in [2.24, 2.45) is 5.92 Å². The van der Waals surface area contributed by atoms with Crippen LogP contribution in [0.25, 0.3) is 11.1 Å². The Balaban J connectivity index is 1.66. The number of hydrogen-bond donors (Lipinski definition) is 1. The van der Waals surface area contributed by atoms with Crippen molar-refractivity contribution in [2.75, 3.05) is 26.4 Å². The Morgan fingerprint density at radius 2 is 1.70 bits per heavy atom. The highest BCUT2D eigenvalue weighted by molar-refractivity contribution is 5.64. The van der Waals surface area contributed by atoms with Gasteiger partial charge in [-0.05, 0) is 68.2 Å². The zero-order valence-electron chi connectivity index (χ0n) is 15.8. The number of rotatable bonds is 4. The first-order valence-corrected chi connectivity index (χ1v) is 10.1. The van der Waals surface area contributed by atoms with E-state index in [4.69, 9.17) is 14.5 Å². The molecule has 0 bridgehead atoms. The molecular weight excluding hydrogens is 340 g/mol. The molecule has 2 aromatic rings. The Hall–Kier alpha value is -1.98. The van der Waals surface area contributed by atoms with Crippen LogP contribution in [0.3, 0.4) is 0 Å². The lowest BCUT2D eigenvalue weighted by Gasteiger charge is -2.23. The number of pyridine rings is 2. The zero-order chi connectivity index (χ0) is 18.5. The second-order valence-electron chi connectivity index (χ2n) is 7.70. The van der Waals surface area contributed by atoms with E-state index in [2.05, 4.69) is 17.1 Å². The van der Waals surface area contributed by atoms with Gasteiger partial charge < -0.3 is 14.6 Å². The van der Waals surface area contributed by atoms with Gasteiger partial charge in [0.05, 0.1) is 6.20 Å². The lowest BCUT2D eigenvalue weighted by molar-refractivity contribution is 0.0662. The monoisotopic (exact) mass is 368 g/mol. The molecular formula is C22H28N2O3. The van der Waals surface area contributed by atoms with Crippen LogP contribution in [-0.4, -0.2) is 41.5 Å². The van der Waals surface area contributed by atoms with Crippen LogP contribution in [0.1, 0.15) is 49.4 Å². The molecule has 4 rings (SSSR count). The fourth-order valence-electron chi connectivity index (χ4n) is 4.12. The topological polar surface area (TPSA) is 64.5 Å². The molecule has 144 valence electrons. The molecule has 27 heavy (non-hydrogen) atoms. The van der Waals surface area contributed by atoms with Crippen molar-refractivity contribution in [2.45, 2.75) is 44.4 Å². The van der Waals surface area contributed by atoms with Gasteiger partial charge >= 0.3 is 0 Å². The Morgan fingerprint density at radius 3 is 2.56 bits per heavy atom. The molecule has 2 saturated heterocycles. The molecule has 0 amide bonds. The summed E-state index contributed by atoms with van der Waals surface area (Å²) >= 11 is 0. The van der Waals surface area contributed by atoms with Gasteiger partial charge in [-0.15, -0.1) is 0 Å². The van der Waals surface area contributed by atoms with Gasteiger partial charge in [-0.25, -0.2) is 0 Å². The smallest absolute Gasteiger partial charge is 0.134 e. The fourth-order valence-corrected chi connectivity index (χ4v) is 4.12. The van der Waals surface area contributed by atoms with Gasteiger partial charge in [-0.1, -0.05) is 0 Å². The van der Waals surface area contributed by atoms with E-state index < -0.39 is 0 Å². The Bertz CT molecular complexity index is 751. The number of aromatic nitrogens is 2. The first-order chi connectivity index (χ1) is 13.3. The van der Waals surface area contributed by atoms with Crippen molar-refractivity contribution in [3.05, 3.63) is 42.0 Å². The summed E-state index contributed by atoms with van der Waals surface area (Å²) in [6.45, 7) is 3.36. The van der Waals surface area contributed by atoms with Crippen LogP contribution in [0.2, 0.25) is 0 Å². The van der Waals surface area contributed by atoms with Crippen molar-refractivity contribution in [1.82, 2.24) is 9.97 Å². The molecule has 0 radical (unpaired) electrons. The largest absolute Gasteiger partial charge is 0.506 e. The van der Waals surface area contributed by atoms with Crippen molar-refractivity contribution < 1.29 is 14.6 Å². The number of nitrogens with zero attached hydrogens (tertiary/aromatic N) is 2. The van der Waals surface area contributed by atoms with E-state index in [1.165, 1.54) is 6.20 Å². The average Bonchev–Trinajstić information content (AvgIpc) is 2.98. The summed E-state index contributed by atoms with van der Waals surface area (Å²) in [5.74, 6) is 1.26. The third-order valence-corrected chi connectivity index (χ3v) is 5.66. The van der Waals surface area contributed by atoms with Crippen LogP contribution in [0, 0.1) is 5.92 Å². The fraction of sp³-hybridized carbons (Fsp3) is 0.545. The van der Waals surface area contributed by atoms with Crippen LogP contribution in [0.5, 0.6) is 5.75 Å². The Labute approximate surface area is 160 Å². The van der Waals surface area contributed by atoms with Crippen LogP contribution < -0.4 is 0 Å². The molecule has 1 atom stereocenters. The Morgan fingerprint density at radius 1 is 0.889 bits per heavy atom. The molecule has 2 fully saturated rings. The lowest BCUT2D eigenvalue weighted by Crippen LogP contribution is -2.18. The highest BCUT2D eigenvalue weighted by atomic mass is 16.5. The van der Waals surface area contributed by atoms with Gasteiger partial charge in [0.2, 0.25) is 0 Å². The molecule has 0 aromatic carbocycles. The van der Waals surface area contributed by atoms with Gasteiger partial charge in [0.15, 0.2) is 0 Å². The van der Waals surface area contributed by atoms with Gasteiger partial charge in [-0.2, -0.15) is 0 Å². The quantitative estimate of drug-likeness (QED) is 0.880. The summed E-state index contributed by atoms with van der Waals surface area (Å²) in [6, 6.07) is 6.13. The summed E-state index contributed by atoms with van der Waals surface area (Å²) in [5.41, 5.74) is 4.33. The summed E-state index contributed by atoms with van der Waals surface area (Å²) < 4.78 is 11.1. The van der Waals surface area contributed by atoms with E-state index in [9.17, 15) is 5.11 Å². The van der Waals surface area contributed by atoms with Gasteiger partial charge in [-0.3, -0.25) is 9.97 Å². The number of aromatic hydroxyl groups is 1. The summed E-state index contributed by atoms with van der Waals surface area (Å²) in [6.07, 6.45) is 9.69. The van der Waals surface area contributed by atoms with Crippen molar-refractivity contribution in [1.29, 1.82) is 0 Å². The predicted octanol–water partition coefficient (Wildman–Crippen LogP) is 4.10. The molecule has 4 heterocycles. The second kappa shape index (κ2) is 8.81. The van der Waals surface area contributed by atoms with E-state index in [0.717, 1.165) is 87.5 Å². The molecule has 2 aliphatic rings. The van der Waals surface area contributed by atoms with Crippen molar-refractivity contribution in [3.63, 3.8) is 0 Å². The first-order valence-electron chi connectivity index (χ1n) is 10.1. The third kappa shape index (κ3) is 4.85. The SMILES string of the molecule is Oc1cncc(-c2cc(CC3CCOCC3)nc(C3CCCOCC3)c2)c1. The highest BCUT2D eigenvalue weighted by Crippen LogP contribution is 2.32. The van der Waals surface area contributed by atoms with E-state index in [0.29, 0.717) is 11.8 Å². The van der Waals surface area contributed by atoms with Crippen LogP contribution in [0.4, 0.5) is 0 Å². The molecule has 2 aromatic heterocycles. The molecule has 5 nitrogen and oxygen atoms in total. The van der Waals surface area contributed by atoms with Gasteiger partial charge in [0.1, 0.15) is 5.75 Å². The van der Waals surface area contributed by atoms with Gasteiger partial charge in [0, 0.05) is 55.5 Å². The van der Waals surface area contributed by atoms with Crippen LogP contribution in [-0.2, 0) is 15.9 Å². The molecule has 1 unspecified atom stereocenters. The van der Waals surface area contributed by atoms with E-state index in [1.807, 2.05) is 6.20 Å². The summed E-state index contributed by atoms with van der Waals surface area (Å²) in [5, 5.41) is 9.85. The minimum atomic E-state index is 0.194. The lowest BCUT2D eigenvalue weighted by atomic mass is 9.91. The predicted molar refractivity (Wildman–Crippen MR) is 104 cm³/mol. The summed E-state index contributed by atoms with van der Waals surface area (Å²) in [7, 11) is 0. The van der Waals surface area contributed by atoms with Crippen LogP contribution >= 0.6 is 0 Å². The number of hydrogen-bond acceptors (Lipinski definition) is 5. The highest BCUT2D eigenvalue weighted by Gasteiger charge is 2.20. The molecule has 1 N–H and O–H groups in total. The van der Waals surface area contributed by atoms with Crippen molar-refractivity contribution >= 4 is 0 Å². The maximum absolute atomic E-state index is 9.85. The molecule has 5 heteroatoms. The summed E-state index contributed by atoms with van der Waals surface area (Å²) in [4.78, 5) is 9.22. The molecule has 2 aliphatic heterocycles. The average molecular weight is 368 g/mol. The zero-order valence-corrected chi connectivity index (χ0v) is 15.8. The van der Waals surface area contributed by atoms with E-state index in [1.54, 1.807) is 6.07 Å². The maximum Gasteiger partial charge on any atom is 0.134 e. The maximum atomic E-state index is 9.85.